The van der Waals surface area contributed by atoms with Crippen LogP contribution in [0, 0.1) is 6.92 Å². The van der Waals surface area contributed by atoms with E-state index in [4.69, 9.17) is 5.11 Å². The van der Waals surface area contributed by atoms with E-state index in [2.05, 4.69) is 0 Å². The molecule has 0 fully saturated rings. The molecule has 0 unspecified atom stereocenters. The number of carbonyl (C=O) groups is 1. The Balaban J connectivity index is 2.87. The average molecular weight is 229 g/mol. The van der Waals surface area contributed by atoms with Crippen LogP contribution in [-0.2, 0) is 9.84 Å². The van der Waals surface area contributed by atoms with E-state index in [1.807, 2.05) is 12.2 Å². The summed E-state index contributed by atoms with van der Waals surface area (Å²) >= 11 is 0. The van der Waals surface area contributed by atoms with Gasteiger partial charge in [0.25, 0.3) is 0 Å². The quantitative estimate of drug-likeness (QED) is 0.809. The van der Waals surface area contributed by atoms with Gasteiger partial charge in [0.2, 0.25) is 0 Å². The van der Waals surface area contributed by atoms with Gasteiger partial charge in [0.05, 0.1) is 4.90 Å². The predicted octanol–water partition coefficient (Wildman–Crippen LogP) is 0.994. The van der Waals surface area contributed by atoms with Gasteiger partial charge in [-0.15, -0.1) is 0 Å². The molecule has 1 aromatic carbocycles. The molecule has 82 valence electrons. The zero-order chi connectivity index (χ0) is 11.5. The highest BCUT2D eigenvalue weighted by Crippen LogP contribution is 2.10. The van der Waals surface area contributed by atoms with Crippen molar-refractivity contribution in [3.8, 4) is 0 Å². The van der Waals surface area contributed by atoms with E-state index in [0.29, 0.717) is 0 Å². The molecule has 15 heavy (non-hydrogen) atoms. The molecular weight excluding hydrogens is 218 g/mol. The van der Waals surface area contributed by atoms with Gasteiger partial charge in [-0.2, -0.15) is 0 Å². The normalized spacial score (nSPS) is 11.0. The van der Waals surface area contributed by atoms with Crippen LogP contribution in [0.1, 0.15) is 5.56 Å². The molecule has 0 radical (unpaired) electrons. The number of benzene rings is 1. The number of sulfone groups is 1. The lowest BCUT2D eigenvalue weighted by molar-refractivity contribution is 0.196. The Labute approximate surface area is 87.7 Å². The standard InChI is InChI=1S/C9H11NO4S/c1-7-2-4-8(5-3-7)15(13,14)6-10-9(11)12/h2-5,10H,6H2,1H3,(H,11,12). The third-order valence-electron chi connectivity index (χ3n) is 1.79. The molecule has 0 aliphatic carbocycles. The zero-order valence-corrected chi connectivity index (χ0v) is 8.91. The van der Waals surface area contributed by atoms with E-state index in [1.54, 1.807) is 12.1 Å². The minimum atomic E-state index is -3.56. The molecule has 0 aliphatic heterocycles. The third-order valence-corrected chi connectivity index (χ3v) is 3.31. The van der Waals surface area contributed by atoms with Gasteiger partial charge in [-0.05, 0) is 19.1 Å². The first-order valence-corrected chi connectivity index (χ1v) is 5.83. The molecule has 0 saturated carbocycles. The Hall–Kier alpha value is -1.56. The molecular formula is C9H11NO4S. The Morgan fingerprint density at radius 2 is 1.87 bits per heavy atom. The fourth-order valence-corrected chi connectivity index (χ4v) is 2.02. The second-order valence-corrected chi connectivity index (χ2v) is 5.04. The predicted molar refractivity (Wildman–Crippen MR) is 54.4 cm³/mol. The molecule has 6 heteroatoms. The highest BCUT2D eigenvalue weighted by molar-refractivity contribution is 7.91. The molecule has 0 atom stereocenters. The number of aryl methyl sites for hydroxylation is 1. The molecule has 2 N–H and O–H groups in total. The van der Waals surface area contributed by atoms with Gasteiger partial charge in [-0.25, -0.2) is 13.2 Å². The van der Waals surface area contributed by atoms with Crippen LogP contribution < -0.4 is 5.32 Å². The highest BCUT2D eigenvalue weighted by atomic mass is 32.2. The number of rotatable bonds is 3. The fourth-order valence-electron chi connectivity index (χ4n) is 0.986. The maximum absolute atomic E-state index is 11.5. The van der Waals surface area contributed by atoms with Crippen LogP contribution in [0.25, 0.3) is 0 Å². The summed E-state index contributed by atoms with van der Waals surface area (Å²) in [5.41, 5.74) is 0.945. The van der Waals surface area contributed by atoms with Crippen LogP contribution in [0.4, 0.5) is 4.79 Å². The van der Waals surface area contributed by atoms with E-state index in [9.17, 15) is 13.2 Å². The average Bonchev–Trinajstić information content (AvgIpc) is 2.16. The van der Waals surface area contributed by atoms with Crippen molar-refractivity contribution in [3.63, 3.8) is 0 Å². The molecule has 0 aromatic heterocycles. The lowest BCUT2D eigenvalue weighted by Crippen LogP contribution is -2.27. The van der Waals surface area contributed by atoms with Crippen LogP contribution in [0.5, 0.6) is 0 Å². The van der Waals surface area contributed by atoms with Crippen LogP contribution in [0.2, 0.25) is 0 Å². The number of hydrogen-bond acceptors (Lipinski definition) is 3. The van der Waals surface area contributed by atoms with Crippen molar-refractivity contribution >= 4 is 15.9 Å². The third kappa shape index (κ3) is 3.25. The van der Waals surface area contributed by atoms with Crippen molar-refractivity contribution < 1.29 is 18.3 Å². The second kappa shape index (κ2) is 4.31. The molecule has 0 saturated heterocycles. The molecule has 1 rings (SSSR count). The smallest absolute Gasteiger partial charge is 0.405 e. The molecule has 0 spiro atoms. The van der Waals surface area contributed by atoms with Crippen LogP contribution in [0.15, 0.2) is 29.2 Å². The molecule has 5 nitrogen and oxygen atoms in total. The summed E-state index contributed by atoms with van der Waals surface area (Å²) in [6.45, 7) is 1.84. The first-order chi connectivity index (χ1) is 6.92. The van der Waals surface area contributed by atoms with Crippen LogP contribution in [0.3, 0.4) is 0 Å². The summed E-state index contributed by atoms with van der Waals surface area (Å²) in [5.74, 6) is -0.606. The van der Waals surface area contributed by atoms with Crippen LogP contribution >= 0.6 is 0 Å². The summed E-state index contributed by atoms with van der Waals surface area (Å²) in [5, 5.41) is 10.1. The number of nitrogens with one attached hydrogen (secondary N) is 1. The van der Waals surface area contributed by atoms with Gasteiger partial charge in [-0.1, -0.05) is 17.7 Å². The summed E-state index contributed by atoms with van der Waals surface area (Å²) in [4.78, 5) is 10.3. The zero-order valence-electron chi connectivity index (χ0n) is 8.10. The van der Waals surface area contributed by atoms with Crippen molar-refractivity contribution in [1.29, 1.82) is 0 Å². The Kier molecular flexibility index (Phi) is 3.31. The largest absolute Gasteiger partial charge is 0.465 e. The monoisotopic (exact) mass is 229 g/mol. The molecule has 1 aromatic rings. The summed E-state index contributed by atoms with van der Waals surface area (Å²) in [6.07, 6.45) is -1.36. The Bertz CT molecular complexity index is 450. The van der Waals surface area contributed by atoms with E-state index >= 15 is 0 Å². The lowest BCUT2D eigenvalue weighted by Gasteiger charge is -2.04. The maximum atomic E-state index is 11.5. The number of amides is 1. The summed E-state index contributed by atoms with van der Waals surface area (Å²) in [6, 6.07) is 6.23. The molecule has 1 amide bonds. The number of carboxylic acid groups (broad SMARTS) is 1. The van der Waals surface area contributed by atoms with E-state index in [1.165, 1.54) is 12.1 Å². The van der Waals surface area contributed by atoms with Crippen molar-refractivity contribution in [2.24, 2.45) is 0 Å². The molecule has 0 aliphatic rings. The minimum Gasteiger partial charge on any atom is -0.465 e. The van der Waals surface area contributed by atoms with E-state index in [-0.39, 0.29) is 4.90 Å². The maximum Gasteiger partial charge on any atom is 0.405 e. The Morgan fingerprint density at radius 3 is 2.33 bits per heavy atom. The van der Waals surface area contributed by atoms with Crippen LogP contribution in [-0.4, -0.2) is 25.5 Å². The summed E-state index contributed by atoms with van der Waals surface area (Å²) < 4.78 is 23.0. The van der Waals surface area contributed by atoms with Gasteiger partial charge >= 0.3 is 6.09 Å². The fraction of sp³-hybridized carbons (Fsp3) is 0.222. The van der Waals surface area contributed by atoms with Crippen molar-refractivity contribution in [1.82, 2.24) is 5.32 Å². The summed E-state index contributed by atoms with van der Waals surface area (Å²) in [7, 11) is -3.56. The highest BCUT2D eigenvalue weighted by Gasteiger charge is 2.14. The Morgan fingerprint density at radius 1 is 1.33 bits per heavy atom. The van der Waals surface area contributed by atoms with Crippen molar-refractivity contribution in [2.75, 3.05) is 5.88 Å². The van der Waals surface area contributed by atoms with E-state index < -0.39 is 21.8 Å². The van der Waals surface area contributed by atoms with Gasteiger partial charge in [0.1, 0.15) is 5.88 Å². The van der Waals surface area contributed by atoms with Gasteiger partial charge in [-0.3, -0.25) is 0 Å². The van der Waals surface area contributed by atoms with Gasteiger partial charge in [0.15, 0.2) is 9.84 Å². The topological polar surface area (TPSA) is 83.5 Å². The molecule has 0 heterocycles. The minimum absolute atomic E-state index is 0.113. The SMILES string of the molecule is Cc1ccc(S(=O)(=O)CNC(=O)O)cc1. The number of hydrogen-bond donors (Lipinski definition) is 2. The van der Waals surface area contributed by atoms with Gasteiger partial charge in [0, 0.05) is 0 Å². The first kappa shape index (κ1) is 11.5. The van der Waals surface area contributed by atoms with E-state index in [0.717, 1.165) is 5.56 Å². The lowest BCUT2D eigenvalue weighted by atomic mass is 10.2. The first-order valence-electron chi connectivity index (χ1n) is 4.18. The van der Waals surface area contributed by atoms with Crippen molar-refractivity contribution in [3.05, 3.63) is 29.8 Å². The van der Waals surface area contributed by atoms with Crippen molar-refractivity contribution in [2.45, 2.75) is 11.8 Å². The second-order valence-electron chi connectivity index (χ2n) is 3.05. The molecule has 0 bridgehead atoms. The van der Waals surface area contributed by atoms with Gasteiger partial charge < -0.3 is 10.4 Å².